The number of nitrogen functional groups attached to an aromatic ring is 1. The number of nitrogens with zero attached hydrogens (tertiary/aromatic N) is 2. The molecule has 0 spiro atoms. The van der Waals surface area contributed by atoms with Crippen molar-refractivity contribution in [3.8, 4) is 6.07 Å². The third-order valence-corrected chi connectivity index (χ3v) is 1.96. The van der Waals surface area contributed by atoms with Gasteiger partial charge in [-0.2, -0.15) is 5.26 Å². The Morgan fingerprint density at radius 3 is 3.00 bits per heavy atom. The number of hydrogen-bond acceptors (Lipinski definition) is 3. The summed E-state index contributed by atoms with van der Waals surface area (Å²) in [5.74, 6) is 0.326. The average Bonchev–Trinajstić information content (AvgIpc) is 2.40. The van der Waals surface area contributed by atoms with Gasteiger partial charge in [-0.25, -0.2) is 4.98 Å². The lowest BCUT2D eigenvalue weighted by Crippen LogP contribution is -1.86. The monoisotopic (exact) mass is 192 g/mol. The predicted molar refractivity (Wildman–Crippen MR) is 50.2 cm³/mol. The van der Waals surface area contributed by atoms with Crippen molar-refractivity contribution in [3.63, 3.8) is 0 Å². The number of fused-ring (bicyclic) bond motifs is 1. The molecule has 0 aliphatic rings. The van der Waals surface area contributed by atoms with Crippen molar-refractivity contribution in [1.82, 2.24) is 9.97 Å². The number of nitrogens with one attached hydrogen (secondary N) is 1. The minimum absolute atomic E-state index is 0.326. The van der Waals surface area contributed by atoms with Crippen LogP contribution >= 0.6 is 11.6 Å². The molecular weight excluding hydrogens is 188 g/mol. The van der Waals surface area contributed by atoms with Crippen LogP contribution in [-0.4, -0.2) is 9.97 Å². The van der Waals surface area contributed by atoms with Crippen LogP contribution in [0, 0.1) is 11.3 Å². The summed E-state index contributed by atoms with van der Waals surface area (Å²) in [6.45, 7) is 0. The van der Waals surface area contributed by atoms with Crippen LogP contribution in [0.5, 0.6) is 0 Å². The summed E-state index contributed by atoms with van der Waals surface area (Å²) >= 11 is 5.68. The van der Waals surface area contributed by atoms with Crippen LogP contribution in [0.25, 0.3) is 11.0 Å². The molecule has 0 atom stereocenters. The molecule has 0 saturated carbocycles. The normalized spacial score (nSPS) is 10.2. The molecule has 2 aromatic rings. The zero-order chi connectivity index (χ0) is 9.42. The summed E-state index contributed by atoms with van der Waals surface area (Å²) in [7, 11) is 0. The highest BCUT2D eigenvalue weighted by molar-refractivity contribution is 6.29. The van der Waals surface area contributed by atoms with Gasteiger partial charge in [-0.05, 0) is 12.1 Å². The van der Waals surface area contributed by atoms with Gasteiger partial charge in [-0.3, -0.25) is 0 Å². The van der Waals surface area contributed by atoms with Gasteiger partial charge in [0, 0.05) is 0 Å². The zero-order valence-corrected chi connectivity index (χ0v) is 7.26. The number of aromatic nitrogens is 2. The summed E-state index contributed by atoms with van der Waals surface area (Å²) in [4.78, 5) is 6.84. The fraction of sp³-hybridized carbons (Fsp3) is 0. The molecule has 0 fully saturated rings. The Hall–Kier alpha value is -1.73. The van der Waals surface area contributed by atoms with Crippen LogP contribution in [0.4, 0.5) is 5.82 Å². The minimum Gasteiger partial charge on any atom is -0.384 e. The molecular formula is C8H5ClN4. The fourth-order valence-corrected chi connectivity index (χ4v) is 1.32. The Labute approximate surface area is 78.9 Å². The SMILES string of the molecule is N#Cc1c(N)[nH]c2ccc(Cl)nc12. The van der Waals surface area contributed by atoms with Gasteiger partial charge in [0.25, 0.3) is 0 Å². The van der Waals surface area contributed by atoms with Crippen molar-refractivity contribution < 1.29 is 0 Å². The highest BCUT2D eigenvalue weighted by Gasteiger charge is 2.09. The van der Waals surface area contributed by atoms with Gasteiger partial charge in [-0.15, -0.1) is 0 Å². The number of pyridine rings is 1. The summed E-state index contributed by atoms with van der Waals surface area (Å²) in [6.07, 6.45) is 0. The van der Waals surface area contributed by atoms with Crippen LogP contribution < -0.4 is 5.73 Å². The number of nitriles is 1. The van der Waals surface area contributed by atoms with Crippen molar-refractivity contribution >= 4 is 28.5 Å². The van der Waals surface area contributed by atoms with Gasteiger partial charge < -0.3 is 10.7 Å². The van der Waals surface area contributed by atoms with Crippen molar-refractivity contribution in [2.24, 2.45) is 0 Å². The molecule has 4 nitrogen and oxygen atoms in total. The quantitative estimate of drug-likeness (QED) is 0.624. The second-order valence-corrected chi connectivity index (χ2v) is 2.94. The molecule has 0 unspecified atom stereocenters. The summed E-state index contributed by atoms with van der Waals surface area (Å²) in [5.41, 5.74) is 7.14. The number of anilines is 1. The Morgan fingerprint density at radius 1 is 1.54 bits per heavy atom. The summed E-state index contributed by atoms with van der Waals surface area (Å²) in [5, 5.41) is 9.11. The molecule has 0 aliphatic carbocycles. The molecule has 2 heterocycles. The van der Waals surface area contributed by atoms with E-state index in [0.29, 0.717) is 22.1 Å². The molecule has 0 radical (unpaired) electrons. The Bertz CT molecular complexity index is 509. The topological polar surface area (TPSA) is 78.5 Å². The molecule has 0 amide bonds. The largest absolute Gasteiger partial charge is 0.384 e. The molecule has 0 saturated heterocycles. The number of nitrogens with two attached hydrogens (primary N) is 1. The minimum atomic E-state index is 0.326. The maximum atomic E-state index is 8.76. The smallest absolute Gasteiger partial charge is 0.129 e. The standard InChI is InChI=1S/C8H5ClN4/c9-6-2-1-5-7(13-6)4(3-10)8(11)12-5/h1-2,12H,11H2. The lowest BCUT2D eigenvalue weighted by Gasteiger charge is -1.89. The van der Waals surface area contributed by atoms with Crippen LogP contribution in [0.2, 0.25) is 5.15 Å². The number of H-pyrrole nitrogens is 1. The van der Waals surface area contributed by atoms with Crippen LogP contribution in [0.15, 0.2) is 12.1 Å². The van der Waals surface area contributed by atoms with E-state index in [2.05, 4.69) is 9.97 Å². The first-order chi connectivity index (χ1) is 6.22. The second kappa shape index (κ2) is 2.64. The van der Waals surface area contributed by atoms with E-state index in [4.69, 9.17) is 22.6 Å². The van der Waals surface area contributed by atoms with Crippen molar-refractivity contribution in [1.29, 1.82) is 5.26 Å². The number of hydrogen-bond donors (Lipinski definition) is 2. The molecule has 64 valence electrons. The van der Waals surface area contributed by atoms with E-state index in [9.17, 15) is 0 Å². The summed E-state index contributed by atoms with van der Waals surface area (Å²) in [6, 6.07) is 5.35. The first kappa shape index (κ1) is 7.90. The molecule has 0 aromatic carbocycles. The number of halogens is 1. The van der Waals surface area contributed by atoms with E-state index in [1.54, 1.807) is 12.1 Å². The molecule has 0 bridgehead atoms. The molecule has 13 heavy (non-hydrogen) atoms. The molecule has 2 rings (SSSR count). The Morgan fingerprint density at radius 2 is 2.31 bits per heavy atom. The first-order valence-electron chi connectivity index (χ1n) is 3.56. The number of rotatable bonds is 0. The van der Waals surface area contributed by atoms with Gasteiger partial charge in [0.1, 0.15) is 28.1 Å². The molecule has 0 aliphatic heterocycles. The van der Waals surface area contributed by atoms with Crippen LogP contribution in [0.3, 0.4) is 0 Å². The average molecular weight is 193 g/mol. The maximum absolute atomic E-state index is 8.76. The second-order valence-electron chi connectivity index (χ2n) is 2.56. The Balaban J connectivity index is 2.91. The van der Waals surface area contributed by atoms with Crippen LogP contribution in [0.1, 0.15) is 5.56 Å². The highest BCUT2D eigenvalue weighted by Crippen LogP contribution is 2.22. The Kier molecular flexibility index (Phi) is 1.61. The van der Waals surface area contributed by atoms with E-state index >= 15 is 0 Å². The summed E-state index contributed by atoms with van der Waals surface area (Å²) < 4.78 is 0. The van der Waals surface area contributed by atoms with E-state index in [-0.39, 0.29) is 0 Å². The van der Waals surface area contributed by atoms with E-state index in [1.807, 2.05) is 6.07 Å². The van der Waals surface area contributed by atoms with Gasteiger partial charge in [-0.1, -0.05) is 11.6 Å². The third kappa shape index (κ3) is 1.10. The fourth-order valence-electron chi connectivity index (χ4n) is 1.18. The van der Waals surface area contributed by atoms with Crippen molar-refractivity contribution in [2.75, 3.05) is 5.73 Å². The van der Waals surface area contributed by atoms with Gasteiger partial charge in [0.05, 0.1) is 5.52 Å². The number of aromatic amines is 1. The lowest BCUT2D eigenvalue weighted by atomic mass is 10.3. The van der Waals surface area contributed by atoms with Crippen LogP contribution in [-0.2, 0) is 0 Å². The van der Waals surface area contributed by atoms with E-state index in [1.165, 1.54) is 0 Å². The van der Waals surface area contributed by atoms with E-state index in [0.717, 1.165) is 5.52 Å². The van der Waals surface area contributed by atoms with Crippen molar-refractivity contribution in [3.05, 3.63) is 22.8 Å². The highest BCUT2D eigenvalue weighted by atomic mass is 35.5. The predicted octanol–water partition coefficient (Wildman–Crippen LogP) is 1.67. The van der Waals surface area contributed by atoms with E-state index < -0.39 is 0 Å². The van der Waals surface area contributed by atoms with Gasteiger partial charge >= 0.3 is 0 Å². The van der Waals surface area contributed by atoms with Gasteiger partial charge in [0.15, 0.2) is 0 Å². The van der Waals surface area contributed by atoms with Crippen molar-refractivity contribution in [2.45, 2.75) is 0 Å². The van der Waals surface area contributed by atoms with Gasteiger partial charge in [0.2, 0.25) is 0 Å². The third-order valence-electron chi connectivity index (χ3n) is 1.75. The zero-order valence-electron chi connectivity index (χ0n) is 6.50. The molecule has 3 N–H and O–H groups in total. The molecule has 2 aromatic heterocycles. The lowest BCUT2D eigenvalue weighted by molar-refractivity contribution is 1.40. The maximum Gasteiger partial charge on any atom is 0.129 e. The molecule has 5 heteroatoms. The first-order valence-corrected chi connectivity index (χ1v) is 3.94.